The maximum absolute atomic E-state index is 13.7. The van der Waals surface area contributed by atoms with Crippen molar-refractivity contribution in [2.45, 2.75) is 33.1 Å². The van der Waals surface area contributed by atoms with E-state index in [2.05, 4.69) is 31.9 Å². The zero-order valence-electron chi connectivity index (χ0n) is 22.4. The Morgan fingerprint density at radius 2 is 1.88 bits per heavy atom. The summed E-state index contributed by atoms with van der Waals surface area (Å²) in [5.74, 6) is 6.37. The lowest BCUT2D eigenvalue weighted by Crippen LogP contribution is -2.18. The number of benzene rings is 2. The van der Waals surface area contributed by atoms with Gasteiger partial charge in [-0.05, 0) is 62.2 Å². The molecule has 6 rings (SSSR count). The first-order chi connectivity index (χ1) is 19.7. The minimum atomic E-state index is -4.48. The molecule has 0 saturated heterocycles. The molecule has 0 aliphatic heterocycles. The van der Waals surface area contributed by atoms with Crippen molar-refractivity contribution in [2.24, 2.45) is 0 Å². The molecule has 206 valence electrons. The van der Waals surface area contributed by atoms with Crippen LogP contribution in [0.1, 0.15) is 39.3 Å². The van der Waals surface area contributed by atoms with Crippen LogP contribution in [0.4, 0.5) is 13.2 Å². The van der Waals surface area contributed by atoms with Gasteiger partial charge in [0.05, 0.1) is 35.5 Å². The number of hydrogen-bond donors (Lipinski definition) is 0. The molecule has 0 amide bonds. The summed E-state index contributed by atoms with van der Waals surface area (Å²) in [5.41, 5.74) is 5.21. The molecule has 0 bridgehead atoms. The number of imidazole rings is 2. The lowest BCUT2D eigenvalue weighted by molar-refractivity contribution is -0.137. The fourth-order valence-corrected chi connectivity index (χ4v) is 4.75. The monoisotopic (exact) mass is 555 g/mol. The first kappa shape index (κ1) is 26.3. The Balaban J connectivity index is 1.27. The van der Waals surface area contributed by atoms with Gasteiger partial charge in [0.1, 0.15) is 11.4 Å². The molecule has 11 heteroatoms. The van der Waals surface area contributed by atoms with Crippen LogP contribution in [0.15, 0.2) is 72.2 Å². The van der Waals surface area contributed by atoms with Crippen molar-refractivity contribution in [1.29, 1.82) is 0 Å². The van der Waals surface area contributed by atoms with E-state index in [1.807, 2.05) is 35.4 Å². The second-order valence-corrected chi connectivity index (χ2v) is 9.94. The van der Waals surface area contributed by atoms with Gasteiger partial charge in [-0.15, -0.1) is 0 Å². The summed E-state index contributed by atoms with van der Waals surface area (Å²) in [4.78, 5) is 14.4. The van der Waals surface area contributed by atoms with Crippen LogP contribution < -0.4 is 0 Å². The highest BCUT2D eigenvalue weighted by Crippen LogP contribution is 2.32. The fourth-order valence-electron chi connectivity index (χ4n) is 4.75. The van der Waals surface area contributed by atoms with Crippen LogP contribution in [0.5, 0.6) is 0 Å². The van der Waals surface area contributed by atoms with E-state index in [1.165, 1.54) is 12.4 Å². The van der Waals surface area contributed by atoms with E-state index in [1.54, 1.807) is 48.5 Å². The Labute approximate surface area is 233 Å². The van der Waals surface area contributed by atoms with E-state index in [9.17, 15) is 13.2 Å². The third-order valence-corrected chi connectivity index (χ3v) is 6.74. The van der Waals surface area contributed by atoms with Gasteiger partial charge in [0.25, 0.3) is 0 Å². The van der Waals surface area contributed by atoms with Crippen LogP contribution in [-0.2, 0) is 19.3 Å². The molecule has 0 aliphatic carbocycles. The molecule has 0 radical (unpaired) electrons. The second-order valence-electron chi connectivity index (χ2n) is 9.94. The van der Waals surface area contributed by atoms with Gasteiger partial charge in [-0.2, -0.15) is 13.2 Å². The lowest BCUT2D eigenvalue weighted by atomic mass is 10.0. The van der Waals surface area contributed by atoms with Crippen molar-refractivity contribution in [3.05, 3.63) is 107 Å². The minimum absolute atomic E-state index is 0.265. The number of halogens is 3. The molecular formula is C30H24F3N7O. The maximum Gasteiger partial charge on any atom is 0.416 e. The Bertz CT molecular complexity index is 1960. The highest BCUT2D eigenvalue weighted by atomic mass is 19.4. The van der Waals surface area contributed by atoms with E-state index < -0.39 is 11.7 Å². The molecule has 0 aliphatic rings. The van der Waals surface area contributed by atoms with E-state index in [-0.39, 0.29) is 6.54 Å². The van der Waals surface area contributed by atoms with E-state index in [0.717, 1.165) is 17.0 Å². The highest BCUT2D eigenvalue weighted by Gasteiger charge is 2.31. The predicted molar refractivity (Wildman–Crippen MR) is 146 cm³/mol. The van der Waals surface area contributed by atoms with Crippen LogP contribution >= 0.6 is 0 Å². The van der Waals surface area contributed by atoms with Crippen molar-refractivity contribution in [1.82, 2.24) is 34.0 Å². The first-order valence-corrected chi connectivity index (χ1v) is 12.7. The average molecular weight is 556 g/mol. The molecule has 4 aromatic heterocycles. The molecule has 6 aromatic rings. The number of alkyl halides is 3. The molecule has 41 heavy (non-hydrogen) atoms. The number of hydrogen-bond acceptors (Lipinski definition) is 6. The Kier molecular flexibility index (Phi) is 6.55. The number of aryl methyl sites for hydroxylation is 2. The molecule has 8 nitrogen and oxygen atoms in total. The van der Waals surface area contributed by atoms with Gasteiger partial charge in [-0.3, -0.25) is 14.3 Å². The normalized spacial score (nSPS) is 11.9. The number of aromatic nitrogens is 6. The zero-order chi connectivity index (χ0) is 28.7. The first-order valence-electron chi connectivity index (χ1n) is 12.7. The van der Waals surface area contributed by atoms with Crippen LogP contribution in [-0.4, -0.2) is 41.0 Å². The highest BCUT2D eigenvalue weighted by molar-refractivity contribution is 5.86. The van der Waals surface area contributed by atoms with E-state index >= 15 is 0 Å². The van der Waals surface area contributed by atoms with Crippen molar-refractivity contribution >= 4 is 16.6 Å². The molecule has 2 aromatic carbocycles. The smallest absolute Gasteiger partial charge is 0.355 e. The summed E-state index contributed by atoms with van der Waals surface area (Å²) in [7, 11) is 1.83. The van der Waals surface area contributed by atoms with Gasteiger partial charge in [-0.1, -0.05) is 17.1 Å². The maximum atomic E-state index is 13.7. The summed E-state index contributed by atoms with van der Waals surface area (Å²) >= 11 is 0. The third kappa shape index (κ3) is 5.29. The van der Waals surface area contributed by atoms with Gasteiger partial charge in [0, 0.05) is 42.8 Å². The molecule has 0 N–H and O–H groups in total. The van der Waals surface area contributed by atoms with E-state index in [0.29, 0.717) is 51.7 Å². The average Bonchev–Trinajstić information content (AvgIpc) is 3.66. The third-order valence-electron chi connectivity index (χ3n) is 6.74. The topological polar surface area (TPSA) is 77.3 Å². The van der Waals surface area contributed by atoms with Gasteiger partial charge in [-0.25, -0.2) is 9.97 Å². The molecule has 0 spiro atoms. The fraction of sp³-hybridized carbons (Fsp3) is 0.200. The van der Waals surface area contributed by atoms with Crippen molar-refractivity contribution < 1.29 is 17.7 Å². The van der Waals surface area contributed by atoms with Gasteiger partial charge in [0.15, 0.2) is 11.2 Å². The Morgan fingerprint density at radius 1 is 1.02 bits per heavy atom. The SMILES string of the molecule is Cc1cn(-c2cc(CN(C)Cc3noc4c(C#Cc5cnc6cnccn56)c(C)ccc34)cc(C(F)(F)F)c2)cn1. The molecule has 0 saturated carbocycles. The molecular weight excluding hydrogens is 531 g/mol. The largest absolute Gasteiger partial charge is 0.416 e. The number of nitrogens with zero attached hydrogens (tertiary/aromatic N) is 7. The molecule has 4 heterocycles. The van der Waals surface area contributed by atoms with Gasteiger partial charge in [0.2, 0.25) is 0 Å². The summed E-state index contributed by atoms with van der Waals surface area (Å²) in [5, 5.41) is 5.09. The summed E-state index contributed by atoms with van der Waals surface area (Å²) < 4.78 is 50.3. The second kappa shape index (κ2) is 10.2. The molecule has 0 unspecified atom stereocenters. The summed E-state index contributed by atoms with van der Waals surface area (Å²) in [6.07, 6.45) is 5.55. The quantitative estimate of drug-likeness (QED) is 0.253. The van der Waals surface area contributed by atoms with Crippen molar-refractivity contribution in [2.75, 3.05) is 7.05 Å². The minimum Gasteiger partial charge on any atom is -0.355 e. The van der Waals surface area contributed by atoms with Crippen LogP contribution in [0, 0.1) is 25.7 Å². The van der Waals surface area contributed by atoms with Crippen LogP contribution in [0.3, 0.4) is 0 Å². The standard InChI is InChI=1S/C30H24F3N7O/c1-19-4-6-26-27(37-41-29(26)25(19)7-5-23-13-35-28-14-34-8-9-40(23)28)17-38(3)16-21-10-22(30(31,32)33)12-24(11-21)39-15-20(2)36-18-39/h4,6,8-15,18H,16-17H2,1-3H3. The number of fused-ring (bicyclic) bond motifs is 2. The van der Waals surface area contributed by atoms with Crippen LogP contribution in [0.2, 0.25) is 0 Å². The van der Waals surface area contributed by atoms with Gasteiger partial charge < -0.3 is 9.09 Å². The van der Waals surface area contributed by atoms with Crippen molar-refractivity contribution in [3.63, 3.8) is 0 Å². The zero-order valence-corrected chi connectivity index (χ0v) is 22.4. The number of rotatable bonds is 5. The van der Waals surface area contributed by atoms with Crippen LogP contribution in [0.25, 0.3) is 22.3 Å². The molecule has 0 atom stereocenters. The lowest BCUT2D eigenvalue weighted by Gasteiger charge is -2.18. The van der Waals surface area contributed by atoms with E-state index in [4.69, 9.17) is 4.52 Å². The Hall–Kier alpha value is -4.95. The Morgan fingerprint density at radius 3 is 2.66 bits per heavy atom. The van der Waals surface area contributed by atoms with Crippen molar-refractivity contribution in [3.8, 4) is 17.5 Å². The summed E-state index contributed by atoms with van der Waals surface area (Å²) in [6, 6.07) is 7.93. The predicted octanol–water partition coefficient (Wildman–Crippen LogP) is 5.72. The van der Waals surface area contributed by atoms with Gasteiger partial charge >= 0.3 is 6.18 Å². The summed E-state index contributed by atoms with van der Waals surface area (Å²) in [6.45, 7) is 4.36. The molecule has 0 fully saturated rings.